The molecule has 0 aromatic carbocycles. The van der Waals surface area contributed by atoms with E-state index in [2.05, 4.69) is 19.8 Å². The van der Waals surface area contributed by atoms with E-state index in [9.17, 15) is 17.2 Å². The van der Waals surface area contributed by atoms with E-state index >= 15 is 0 Å². The maximum atomic E-state index is 13.6. The van der Waals surface area contributed by atoms with Crippen molar-refractivity contribution in [2.75, 3.05) is 0 Å². The van der Waals surface area contributed by atoms with Gasteiger partial charge in [0.25, 0.3) is 15.9 Å². The van der Waals surface area contributed by atoms with E-state index in [1.165, 1.54) is 17.1 Å². The molecule has 1 saturated carbocycles. The molecule has 1 N–H and O–H groups in total. The fourth-order valence-electron chi connectivity index (χ4n) is 2.42. The second-order valence-electron chi connectivity index (χ2n) is 6.15. The highest BCUT2D eigenvalue weighted by Crippen LogP contribution is 2.58. The van der Waals surface area contributed by atoms with Gasteiger partial charge in [0, 0.05) is 25.1 Å². The van der Waals surface area contributed by atoms with Gasteiger partial charge >= 0.3 is 0 Å². The number of imidazole rings is 1. The van der Waals surface area contributed by atoms with Gasteiger partial charge in [0.05, 0.1) is 12.9 Å². The predicted molar refractivity (Wildman–Crippen MR) is 77.5 cm³/mol. The smallest absolute Gasteiger partial charge is 0.260 e. The van der Waals surface area contributed by atoms with Gasteiger partial charge in [-0.1, -0.05) is 5.16 Å². The van der Waals surface area contributed by atoms with Gasteiger partial charge in [-0.15, -0.1) is 0 Å². The molecule has 2 heterocycles. The Kier molecular flexibility index (Phi) is 3.95. The molecule has 8 nitrogen and oxygen atoms in total. The average Bonchev–Trinajstić information content (AvgIpc) is 2.92. The van der Waals surface area contributed by atoms with Gasteiger partial charge in [-0.05, 0) is 19.8 Å². The monoisotopic (exact) mass is 361 g/mol. The Morgan fingerprint density at radius 3 is 2.71 bits per heavy atom. The van der Waals surface area contributed by atoms with Gasteiger partial charge in [0.2, 0.25) is 5.89 Å². The van der Waals surface area contributed by atoms with Crippen LogP contribution in [0, 0.1) is 5.41 Å². The zero-order valence-electron chi connectivity index (χ0n) is 13.2. The van der Waals surface area contributed by atoms with E-state index in [0.29, 0.717) is 12.8 Å². The molecule has 0 spiro atoms. The molecule has 2 aromatic heterocycles. The second kappa shape index (κ2) is 5.59. The lowest BCUT2D eigenvalue weighted by atomic mass is 9.95. The van der Waals surface area contributed by atoms with Crippen LogP contribution in [-0.2, 0) is 30.0 Å². The number of hydrogen-bond donors (Lipinski definition) is 1. The number of hydrogen-bond acceptors (Lipinski definition) is 6. The first-order chi connectivity index (χ1) is 11.1. The van der Waals surface area contributed by atoms with Crippen molar-refractivity contribution < 1.29 is 21.7 Å². The largest absolute Gasteiger partial charge is 0.339 e. The van der Waals surface area contributed by atoms with Crippen LogP contribution < -0.4 is 4.72 Å². The summed E-state index contributed by atoms with van der Waals surface area (Å²) >= 11 is 0. The van der Waals surface area contributed by atoms with Crippen LogP contribution in [-0.4, -0.2) is 34.0 Å². The summed E-state index contributed by atoms with van der Waals surface area (Å²) in [6, 6.07) is 0. The summed E-state index contributed by atoms with van der Waals surface area (Å²) in [5.41, 5.74) is -1.11. The summed E-state index contributed by atoms with van der Waals surface area (Å²) in [5.74, 6) is -2.64. The van der Waals surface area contributed by atoms with Crippen LogP contribution in [0.3, 0.4) is 0 Å². The molecule has 0 radical (unpaired) electrons. The Bertz CT molecular complexity index is 836. The standard InChI is InChI=1S/C13H17F2N5O3S/c1-12(14,15)13(3-4-13)5-9-18-10(23-19-9)6-17-24(21,22)11-7-20(2)8-16-11/h7-8,17H,3-6H2,1-2H3. The number of alkyl halides is 2. The van der Waals surface area contributed by atoms with Crippen LogP contribution in [0.25, 0.3) is 0 Å². The van der Waals surface area contributed by atoms with Gasteiger partial charge in [0.15, 0.2) is 10.9 Å². The van der Waals surface area contributed by atoms with Crippen LogP contribution in [0.15, 0.2) is 22.1 Å². The normalized spacial score (nSPS) is 17.2. The maximum Gasteiger partial charge on any atom is 0.260 e. The molecule has 2 aromatic rings. The van der Waals surface area contributed by atoms with E-state index in [-0.39, 0.29) is 29.7 Å². The highest BCUT2D eigenvalue weighted by Gasteiger charge is 2.59. The minimum absolute atomic E-state index is 0.00694. The molecule has 0 saturated heterocycles. The Hall–Kier alpha value is -1.88. The Morgan fingerprint density at radius 2 is 2.17 bits per heavy atom. The number of nitrogens with one attached hydrogen (secondary N) is 1. The molecule has 24 heavy (non-hydrogen) atoms. The third-order valence-electron chi connectivity index (χ3n) is 4.16. The van der Waals surface area contributed by atoms with Crippen molar-refractivity contribution in [3.05, 3.63) is 24.2 Å². The van der Waals surface area contributed by atoms with Crippen molar-refractivity contribution in [3.8, 4) is 0 Å². The average molecular weight is 361 g/mol. The molecule has 0 unspecified atom stereocenters. The summed E-state index contributed by atoms with van der Waals surface area (Å²) in [4.78, 5) is 7.74. The van der Waals surface area contributed by atoms with Gasteiger partial charge in [-0.3, -0.25) is 0 Å². The Labute approximate surface area is 137 Å². The number of sulfonamides is 1. The van der Waals surface area contributed by atoms with E-state index in [1.807, 2.05) is 0 Å². The first kappa shape index (κ1) is 17.0. The zero-order valence-corrected chi connectivity index (χ0v) is 14.0. The molecular formula is C13H17F2N5O3S. The predicted octanol–water partition coefficient (Wildman–Crippen LogP) is 1.26. The Balaban J connectivity index is 1.63. The van der Waals surface area contributed by atoms with Gasteiger partial charge in [-0.25, -0.2) is 26.9 Å². The summed E-state index contributed by atoms with van der Waals surface area (Å²) in [6.45, 7) is 0.656. The van der Waals surface area contributed by atoms with E-state index in [0.717, 1.165) is 6.92 Å². The number of aromatic nitrogens is 4. The first-order valence-electron chi connectivity index (χ1n) is 7.28. The number of nitrogens with zero attached hydrogens (tertiary/aromatic N) is 4. The van der Waals surface area contributed by atoms with Crippen LogP contribution in [0.4, 0.5) is 8.78 Å². The van der Waals surface area contributed by atoms with E-state index in [4.69, 9.17) is 4.52 Å². The molecule has 3 rings (SSSR count). The Morgan fingerprint density at radius 1 is 1.46 bits per heavy atom. The summed E-state index contributed by atoms with van der Waals surface area (Å²) in [7, 11) is -2.16. The van der Waals surface area contributed by atoms with Crippen LogP contribution in [0.1, 0.15) is 31.5 Å². The van der Waals surface area contributed by atoms with Gasteiger partial charge < -0.3 is 9.09 Å². The van der Waals surface area contributed by atoms with Gasteiger partial charge in [0.1, 0.15) is 0 Å². The van der Waals surface area contributed by atoms with Crippen molar-refractivity contribution in [2.45, 2.75) is 43.7 Å². The highest BCUT2D eigenvalue weighted by molar-refractivity contribution is 7.89. The van der Waals surface area contributed by atoms with E-state index < -0.39 is 21.4 Å². The van der Waals surface area contributed by atoms with Crippen LogP contribution in [0.5, 0.6) is 0 Å². The number of halogens is 2. The summed E-state index contributed by atoms with van der Waals surface area (Å²) in [6.07, 6.45) is 3.54. The van der Waals surface area contributed by atoms with Crippen LogP contribution in [0.2, 0.25) is 0 Å². The number of aryl methyl sites for hydroxylation is 1. The molecule has 0 atom stereocenters. The first-order valence-corrected chi connectivity index (χ1v) is 8.77. The fraction of sp³-hybridized carbons (Fsp3) is 0.615. The summed E-state index contributed by atoms with van der Waals surface area (Å²) in [5, 5.41) is 3.53. The second-order valence-corrected chi connectivity index (χ2v) is 7.87. The highest BCUT2D eigenvalue weighted by atomic mass is 32.2. The van der Waals surface area contributed by atoms with Crippen molar-refractivity contribution in [2.24, 2.45) is 12.5 Å². The molecule has 0 aliphatic heterocycles. The lowest BCUT2D eigenvalue weighted by molar-refractivity contribution is -0.0551. The zero-order chi connectivity index (χ0) is 17.6. The molecule has 1 fully saturated rings. The molecule has 0 bridgehead atoms. The quantitative estimate of drug-likeness (QED) is 0.796. The molecule has 1 aliphatic rings. The molecule has 132 valence electrons. The van der Waals surface area contributed by atoms with Crippen LogP contribution >= 0.6 is 0 Å². The van der Waals surface area contributed by atoms with Crippen molar-refractivity contribution in [1.82, 2.24) is 24.4 Å². The SMILES string of the molecule is Cn1cnc(S(=O)(=O)NCc2nc(CC3(C(C)(F)F)CC3)no2)c1. The minimum atomic E-state index is -3.80. The lowest BCUT2D eigenvalue weighted by Gasteiger charge is -2.20. The molecule has 0 amide bonds. The maximum absolute atomic E-state index is 13.6. The van der Waals surface area contributed by atoms with Crippen molar-refractivity contribution in [1.29, 1.82) is 0 Å². The molecule has 11 heteroatoms. The molecule has 1 aliphatic carbocycles. The third kappa shape index (κ3) is 3.31. The van der Waals surface area contributed by atoms with E-state index in [1.54, 1.807) is 7.05 Å². The summed E-state index contributed by atoms with van der Waals surface area (Å²) < 4.78 is 59.9. The van der Waals surface area contributed by atoms with Gasteiger partial charge in [-0.2, -0.15) is 4.98 Å². The lowest BCUT2D eigenvalue weighted by Crippen LogP contribution is -2.28. The third-order valence-corrected chi connectivity index (χ3v) is 5.45. The fourth-order valence-corrected chi connectivity index (χ4v) is 3.37. The number of rotatable bonds is 7. The minimum Gasteiger partial charge on any atom is -0.339 e. The van der Waals surface area contributed by atoms with Crippen molar-refractivity contribution >= 4 is 10.0 Å². The molecular weight excluding hydrogens is 344 g/mol. The topological polar surface area (TPSA) is 103 Å². The van der Waals surface area contributed by atoms with Crippen molar-refractivity contribution in [3.63, 3.8) is 0 Å².